The van der Waals surface area contributed by atoms with Crippen LogP contribution in [0.25, 0.3) is 0 Å². The maximum absolute atomic E-state index is 13.2. The molecule has 2 aliphatic rings. The highest BCUT2D eigenvalue weighted by Gasteiger charge is 2.54. The maximum Gasteiger partial charge on any atom is 0.325 e. The van der Waals surface area contributed by atoms with E-state index in [4.69, 9.17) is 0 Å². The first-order valence-electron chi connectivity index (χ1n) is 9.70. The van der Waals surface area contributed by atoms with E-state index in [9.17, 15) is 19.2 Å². The van der Waals surface area contributed by atoms with Crippen LogP contribution in [0.15, 0.2) is 24.3 Å². The van der Waals surface area contributed by atoms with E-state index in [0.29, 0.717) is 19.5 Å². The summed E-state index contributed by atoms with van der Waals surface area (Å²) >= 11 is 0. The first kappa shape index (κ1) is 19.9. The van der Waals surface area contributed by atoms with Crippen LogP contribution in [0.3, 0.4) is 0 Å². The van der Waals surface area contributed by atoms with Gasteiger partial charge in [-0.05, 0) is 44.2 Å². The number of hydrogen-bond donors (Lipinski definition) is 2. The molecular weight excluding hydrogens is 360 g/mol. The maximum atomic E-state index is 13.2. The van der Waals surface area contributed by atoms with E-state index in [1.165, 1.54) is 4.90 Å². The third kappa shape index (κ3) is 3.46. The summed E-state index contributed by atoms with van der Waals surface area (Å²) in [4.78, 5) is 52.6. The van der Waals surface area contributed by atoms with Gasteiger partial charge in [-0.25, -0.2) is 4.79 Å². The number of urea groups is 1. The summed E-state index contributed by atoms with van der Waals surface area (Å²) in [5.74, 6) is -1.10. The van der Waals surface area contributed by atoms with Gasteiger partial charge in [0.2, 0.25) is 11.8 Å². The quantitative estimate of drug-likeness (QED) is 0.705. The molecule has 1 aliphatic carbocycles. The number of nitrogens with one attached hydrogen (secondary N) is 2. The van der Waals surface area contributed by atoms with Gasteiger partial charge in [-0.1, -0.05) is 24.3 Å². The van der Waals surface area contributed by atoms with Crippen LogP contribution in [0.2, 0.25) is 0 Å². The molecule has 2 N–H and O–H groups in total. The van der Waals surface area contributed by atoms with Crippen molar-refractivity contribution in [1.82, 2.24) is 20.4 Å². The minimum Gasteiger partial charge on any atom is -0.355 e. The zero-order valence-electron chi connectivity index (χ0n) is 16.3. The van der Waals surface area contributed by atoms with Crippen LogP contribution in [-0.2, 0) is 26.3 Å². The normalized spacial score (nSPS) is 20.7. The van der Waals surface area contributed by atoms with Crippen molar-refractivity contribution < 1.29 is 19.2 Å². The number of nitrogens with zero attached hydrogens (tertiary/aromatic N) is 2. The number of hydrogen-bond acceptors (Lipinski definition) is 4. The van der Waals surface area contributed by atoms with E-state index in [1.54, 1.807) is 13.8 Å². The van der Waals surface area contributed by atoms with Crippen LogP contribution in [0.4, 0.5) is 4.79 Å². The van der Waals surface area contributed by atoms with Gasteiger partial charge < -0.3 is 15.5 Å². The van der Waals surface area contributed by atoms with Crippen molar-refractivity contribution in [2.75, 3.05) is 26.2 Å². The first-order chi connectivity index (χ1) is 13.4. The van der Waals surface area contributed by atoms with Crippen LogP contribution >= 0.6 is 0 Å². The van der Waals surface area contributed by atoms with Crippen molar-refractivity contribution in [2.45, 2.75) is 38.6 Å². The molecule has 1 saturated heterocycles. The molecule has 0 bridgehead atoms. The molecule has 1 aromatic rings. The molecule has 1 atom stereocenters. The Morgan fingerprint density at radius 3 is 2.71 bits per heavy atom. The summed E-state index contributed by atoms with van der Waals surface area (Å²) in [6.07, 6.45) is 2.15. The fourth-order valence-corrected chi connectivity index (χ4v) is 3.99. The summed E-state index contributed by atoms with van der Waals surface area (Å²) < 4.78 is 0. The number of benzene rings is 1. The lowest BCUT2D eigenvalue weighted by molar-refractivity contribution is -0.140. The fraction of sp³-hybridized carbons (Fsp3) is 0.500. The summed E-state index contributed by atoms with van der Waals surface area (Å²) in [5, 5.41) is 5.48. The molecule has 0 aromatic heterocycles. The predicted molar refractivity (Wildman–Crippen MR) is 102 cm³/mol. The van der Waals surface area contributed by atoms with Crippen LogP contribution in [0, 0.1) is 0 Å². The summed E-state index contributed by atoms with van der Waals surface area (Å²) in [5.41, 5.74) is 0.759. The molecule has 1 heterocycles. The van der Waals surface area contributed by atoms with Gasteiger partial charge in [-0.15, -0.1) is 0 Å². The number of fused-ring (bicyclic) bond motifs is 2. The third-order valence-corrected chi connectivity index (χ3v) is 5.39. The molecular formula is C20H26N4O4. The molecule has 0 unspecified atom stereocenters. The molecule has 150 valence electrons. The molecule has 1 spiro atoms. The largest absolute Gasteiger partial charge is 0.355 e. The Balaban J connectivity index is 1.78. The van der Waals surface area contributed by atoms with Crippen LogP contribution in [0.5, 0.6) is 0 Å². The lowest BCUT2D eigenvalue weighted by atomic mass is 9.76. The van der Waals surface area contributed by atoms with Crippen molar-refractivity contribution in [3.63, 3.8) is 0 Å². The second-order valence-corrected chi connectivity index (χ2v) is 7.10. The smallest absolute Gasteiger partial charge is 0.325 e. The number of carbonyl (C=O) groups excluding carboxylic acids is 4. The Kier molecular flexibility index (Phi) is 5.67. The monoisotopic (exact) mass is 386 g/mol. The van der Waals surface area contributed by atoms with Crippen molar-refractivity contribution in [2.24, 2.45) is 0 Å². The van der Waals surface area contributed by atoms with Gasteiger partial charge in [0, 0.05) is 13.1 Å². The van der Waals surface area contributed by atoms with Gasteiger partial charge in [0.05, 0.1) is 6.54 Å². The zero-order valence-corrected chi connectivity index (χ0v) is 16.3. The van der Waals surface area contributed by atoms with E-state index < -0.39 is 23.4 Å². The number of rotatable bonds is 6. The average molecular weight is 386 g/mol. The van der Waals surface area contributed by atoms with Crippen molar-refractivity contribution >= 4 is 23.8 Å². The Labute approximate surface area is 164 Å². The molecule has 5 amide bonds. The molecule has 8 heteroatoms. The number of amides is 5. The zero-order chi connectivity index (χ0) is 20.3. The average Bonchev–Trinajstić information content (AvgIpc) is 2.91. The highest BCUT2D eigenvalue weighted by Crippen LogP contribution is 2.39. The molecule has 28 heavy (non-hydrogen) atoms. The number of aryl methyl sites for hydroxylation is 1. The molecule has 3 rings (SSSR count). The Bertz CT molecular complexity index is 809. The lowest BCUT2D eigenvalue weighted by Crippen LogP contribution is -2.48. The molecule has 8 nitrogen and oxygen atoms in total. The lowest BCUT2D eigenvalue weighted by Gasteiger charge is -2.33. The summed E-state index contributed by atoms with van der Waals surface area (Å²) in [6.45, 7) is 3.86. The third-order valence-electron chi connectivity index (χ3n) is 5.39. The van der Waals surface area contributed by atoms with E-state index in [-0.39, 0.29) is 19.0 Å². The van der Waals surface area contributed by atoms with Gasteiger partial charge in [-0.2, -0.15) is 0 Å². The first-order valence-corrected chi connectivity index (χ1v) is 9.70. The molecule has 1 aliphatic heterocycles. The minimum atomic E-state index is -1.09. The second kappa shape index (κ2) is 8.00. The SMILES string of the molecule is CCNC(=O)CN(CC)C(=O)CN1C(=O)N[C@]2(CCCc3ccccc32)C1=O. The Morgan fingerprint density at radius 1 is 1.25 bits per heavy atom. The highest BCUT2D eigenvalue weighted by molar-refractivity contribution is 6.09. The van der Waals surface area contributed by atoms with Crippen molar-refractivity contribution in [1.29, 1.82) is 0 Å². The second-order valence-electron chi connectivity index (χ2n) is 7.10. The number of imide groups is 1. The summed E-state index contributed by atoms with van der Waals surface area (Å²) in [6, 6.07) is 7.04. The molecule has 1 fully saturated rings. The van der Waals surface area contributed by atoms with E-state index >= 15 is 0 Å². The van der Waals surface area contributed by atoms with Gasteiger partial charge >= 0.3 is 6.03 Å². The van der Waals surface area contributed by atoms with Crippen LogP contribution in [-0.4, -0.2) is 59.7 Å². The highest BCUT2D eigenvalue weighted by atomic mass is 16.2. The molecule has 0 saturated carbocycles. The van der Waals surface area contributed by atoms with E-state index in [2.05, 4.69) is 10.6 Å². The van der Waals surface area contributed by atoms with Gasteiger partial charge in [0.25, 0.3) is 5.91 Å². The Hall–Kier alpha value is -2.90. The predicted octanol–water partition coefficient (Wildman–Crippen LogP) is 0.755. The van der Waals surface area contributed by atoms with E-state index in [1.807, 2.05) is 24.3 Å². The minimum absolute atomic E-state index is 0.0964. The van der Waals surface area contributed by atoms with Crippen molar-refractivity contribution in [3.05, 3.63) is 35.4 Å². The van der Waals surface area contributed by atoms with Crippen LogP contribution in [0.1, 0.15) is 37.8 Å². The fourth-order valence-electron chi connectivity index (χ4n) is 3.99. The number of carbonyl (C=O) groups is 4. The van der Waals surface area contributed by atoms with Gasteiger partial charge in [-0.3, -0.25) is 19.3 Å². The molecule has 0 radical (unpaired) electrons. The standard InChI is InChI=1S/C20H26N4O4/c1-3-21-16(25)12-23(4-2)17(26)13-24-18(27)20(22-19(24)28)11-7-9-14-8-5-6-10-15(14)20/h5-6,8,10H,3-4,7,9,11-13H2,1-2H3,(H,21,25)(H,22,28)/t20-/m0/s1. The van der Waals surface area contributed by atoms with E-state index in [0.717, 1.165) is 28.9 Å². The summed E-state index contributed by atoms with van der Waals surface area (Å²) in [7, 11) is 0. The number of likely N-dealkylation sites (N-methyl/N-ethyl adjacent to an activating group) is 2. The van der Waals surface area contributed by atoms with Gasteiger partial charge in [0.1, 0.15) is 12.1 Å². The Morgan fingerprint density at radius 2 is 2.00 bits per heavy atom. The van der Waals surface area contributed by atoms with Crippen molar-refractivity contribution in [3.8, 4) is 0 Å². The van der Waals surface area contributed by atoms with Gasteiger partial charge in [0.15, 0.2) is 0 Å². The topological polar surface area (TPSA) is 98.8 Å². The van der Waals surface area contributed by atoms with Crippen LogP contribution < -0.4 is 10.6 Å². The molecule has 1 aromatic carbocycles.